The van der Waals surface area contributed by atoms with Gasteiger partial charge >= 0.3 is 0 Å². The van der Waals surface area contributed by atoms with Crippen molar-refractivity contribution in [1.29, 1.82) is 0 Å². The van der Waals surface area contributed by atoms with Gasteiger partial charge in [-0.1, -0.05) is 24.3 Å². The van der Waals surface area contributed by atoms with Crippen LogP contribution in [0, 0.1) is 0 Å². The van der Waals surface area contributed by atoms with Crippen molar-refractivity contribution < 1.29 is 13.2 Å². The Bertz CT molecular complexity index is 1120. The van der Waals surface area contributed by atoms with Crippen molar-refractivity contribution in [3.8, 4) is 0 Å². The monoisotopic (exact) mass is 431 g/mol. The number of rotatable bonds is 5. The predicted octanol–water partition coefficient (Wildman–Crippen LogP) is 4.17. The fraction of sp³-hybridized carbons (Fsp3) is 0.158. The summed E-state index contributed by atoms with van der Waals surface area (Å²) in [4.78, 5) is 14.7. The lowest BCUT2D eigenvalue weighted by Crippen LogP contribution is -2.25. The van der Waals surface area contributed by atoms with E-state index in [9.17, 15) is 13.2 Å². The van der Waals surface area contributed by atoms with Gasteiger partial charge in [0.1, 0.15) is 0 Å². The topological polar surface area (TPSA) is 78.8 Å². The highest BCUT2D eigenvalue weighted by Crippen LogP contribution is 2.36. The highest BCUT2D eigenvalue weighted by Gasteiger charge is 2.34. The number of nitrogens with one attached hydrogen (secondary N) is 1. The largest absolute Gasteiger partial charge is 0.284 e. The third-order valence-electron chi connectivity index (χ3n) is 4.22. The summed E-state index contributed by atoms with van der Waals surface area (Å²) in [5.41, 5.74) is 2.01. The van der Waals surface area contributed by atoms with Crippen molar-refractivity contribution in [3.05, 3.63) is 74.6 Å². The molecule has 0 radical (unpaired) electrons. The summed E-state index contributed by atoms with van der Waals surface area (Å²) < 4.78 is 25.5. The van der Waals surface area contributed by atoms with Crippen molar-refractivity contribution in [2.75, 3.05) is 11.0 Å². The number of hydrazone groups is 1. The van der Waals surface area contributed by atoms with Crippen LogP contribution in [-0.2, 0) is 10.0 Å². The van der Waals surface area contributed by atoms with E-state index in [0.29, 0.717) is 17.0 Å². The molecule has 9 heteroatoms. The van der Waals surface area contributed by atoms with E-state index < -0.39 is 10.0 Å². The van der Waals surface area contributed by atoms with Crippen LogP contribution in [0.4, 0.5) is 5.69 Å². The number of hydrogen-bond acceptors (Lipinski definition) is 6. The zero-order valence-corrected chi connectivity index (χ0v) is 17.4. The molecular formula is C19H17N3O3S3. The third kappa shape index (κ3) is 4.01. The van der Waals surface area contributed by atoms with Crippen molar-refractivity contribution in [2.24, 2.45) is 5.10 Å². The van der Waals surface area contributed by atoms with E-state index in [2.05, 4.69) is 9.82 Å². The number of carbonyl (C=O) groups is 1. The molecule has 144 valence electrons. The summed E-state index contributed by atoms with van der Waals surface area (Å²) in [5, 5.41) is 10.0. The van der Waals surface area contributed by atoms with Crippen LogP contribution in [0.15, 0.2) is 64.4 Å². The molecule has 0 fully saturated rings. The first-order valence-corrected chi connectivity index (χ1v) is 12.1. The molecular weight excluding hydrogens is 414 g/mol. The van der Waals surface area contributed by atoms with E-state index in [1.165, 1.54) is 11.3 Å². The maximum absolute atomic E-state index is 13.0. The summed E-state index contributed by atoms with van der Waals surface area (Å²) in [5.74, 6) is -0.131. The molecule has 4 rings (SSSR count). The maximum Gasteiger partial charge on any atom is 0.284 e. The average Bonchev–Trinajstić information content (AvgIpc) is 3.40. The van der Waals surface area contributed by atoms with Gasteiger partial charge in [-0.05, 0) is 40.6 Å². The smallest absolute Gasteiger partial charge is 0.284 e. The summed E-state index contributed by atoms with van der Waals surface area (Å²) in [6.07, 6.45) is 1.68. The van der Waals surface area contributed by atoms with Crippen molar-refractivity contribution in [2.45, 2.75) is 12.5 Å². The van der Waals surface area contributed by atoms with Crippen LogP contribution < -0.4 is 4.72 Å². The van der Waals surface area contributed by atoms with Crippen LogP contribution in [0.25, 0.3) is 0 Å². The Balaban J connectivity index is 1.69. The highest BCUT2D eigenvalue weighted by molar-refractivity contribution is 7.92. The minimum Gasteiger partial charge on any atom is -0.284 e. The molecule has 1 aliphatic heterocycles. The molecule has 0 saturated carbocycles. The van der Waals surface area contributed by atoms with Crippen LogP contribution in [0.5, 0.6) is 0 Å². The molecule has 1 amide bonds. The number of thiophene rings is 2. The van der Waals surface area contributed by atoms with E-state index >= 15 is 0 Å². The number of hydrogen-bond donors (Lipinski definition) is 1. The lowest BCUT2D eigenvalue weighted by molar-refractivity contribution is 0.0719. The predicted molar refractivity (Wildman–Crippen MR) is 114 cm³/mol. The third-order valence-corrected chi connectivity index (χ3v) is 6.66. The van der Waals surface area contributed by atoms with Crippen molar-refractivity contribution >= 4 is 50.0 Å². The molecule has 28 heavy (non-hydrogen) atoms. The van der Waals surface area contributed by atoms with Gasteiger partial charge in [0.25, 0.3) is 5.91 Å². The molecule has 0 bridgehead atoms. The van der Waals surface area contributed by atoms with E-state index in [4.69, 9.17) is 0 Å². The van der Waals surface area contributed by atoms with Gasteiger partial charge in [-0.25, -0.2) is 13.4 Å². The van der Waals surface area contributed by atoms with Crippen LogP contribution in [0.2, 0.25) is 0 Å². The normalized spacial score (nSPS) is 16.8. The van der Waals surface area contributed by atoms with E-state index in [1.54, 1.807) is 40.6 Å². The van der Waals surface area contributed by atoms with E-state index in [1.807, 2.05) is 35.0 Å². The second-order valence-electron chi connectivity index (χ2n) is 6.36. The second-order valence-corrected chi connectivity index (χ2v) is 10.0. The SMILES string of the molecule is CS(=O)(=O)Nc1cccc(C2=NN(C(=O)c3cccs3)C(c3cccs3)C2)c1. The average molecular weight is 432 g/mol. The number of sulfonamides is 1. The Morgan fingerprint density at radius 1 is 1.14 bits per heavy atom. The Morgan fingerprint density at radius 2 is 1.93 bits per heavy atom. The summed E-state index contributed by atoms with van der Waals surface area (Å²) in [6.45, 7) is 0. The zero-order chi connectivity index (χ0) is 19.7. The van der Waals surface area contributed by atoms with Gasteiger partial charge < -0.3 is 0 Å². The van der Waals surface area contributed by atoms with Gasteiger partial charge in [-0.15, -0.1) is 22.7 Å². The summed E-state index contributed by atoms with van der Waals surface area (Å²) in [7, 11) is -3.37. The number of nitrogens with zero attached hydrogens (tertiary/aromatic N) is 2. The Hall–Kier alpha value is -2.49. The maximum atomic E-state index is 13.0. The quantitative estimate of drug-likeness (QED) is 0.658. The molecule has 1 unspecified atom stereocenters. The van der Waals surface area contributed by atoms with Gasteiger partial charge in [0.2, 0.25) is 10.0 Å². The number of carbonyl (C=O) groups excluding carboxylic acids is 1. The molecule has 0 saturated heterocycles. The number of benzene rings is 1. The molecule has 3 heterocycles. The van der Waals surface area contributed by atoms with Gasteiger partial charge in [0.05, 0.1) is 22.9 Å². The first kappa shape index (κ1) is 18.9. The first-order chi connectivity index (χ1) is 13.4. The van der Waals surface area contributed by atoms with E-state index in [-0.39, 0.29) is 11.9 Å². The fourth-order valence-electron chi connectivity index (χ4n) is 3.06. The van der Waals surface area contributed by atoms with Crippen LogP contribution in [0.3, 0.4) is 0 Å². The first-order valence-electron chi connectivity index (χ1n) is 8.47. The number of amides is 1. The van der Waals surface area contributed by atoms with Crippen LogP contribution in [-0.4, -0.2) is 31.3 Å². The van der Waals surface area contributed by atoms with Crippen molar-refractivity contribution in [1.82, 2.24) is 5.01 Å². The molecule has 6 nitrogen and oxygen atoms in total. The Kier molecular flexibility index (Phi) is 5.05. The molecule has 2 aromatic heterocycles. The lowest BCUT2D eigenvalue weighted by Gasteiger charge is -2.19. The van der Waals surface area contributed by atoms with Crippen molar-refractivity contribution in [3.63, 3.8) is 0 Å². The van der Waals surface area contributed by atoms with Crippen LogP contribution >= 0.6 is 22.7 Å². The van der Waals surface area contributed by atoms with Gasteiger partial charge in [0.15, 0.2) is 0 Å². The van der Waals surface area contributed by atoms with Gasteiger partial charge in [0, 0.05) is 17.0 Å². The van der Waals surface area contributed by atoms with Gasteiger partial charge in [-0.3, -0.25) is 9.52 Å². The zero-order valence-electron chi connectivity index (χ0n) is 14.9. The molecule has 3 aromatic rings. The molecule has 1 aliphatic rings. The summed E-state index contributed by atoms with van der Waals surface area (Å²) in [6, 6.07) is 14.5. The molecule has 0 aliphatic carbocycles. The molecule has 0 spiro atoms. The minimum absolute atomic E-state index is 0.131. The Labute approximate surface area is 171 Å². The Morgan fingerprint density at radius 3 is 2.61 bits per heavy atom. The molecule has 1 atom stereocenters. The second kappa shape index (κ2) is 7.50. The van der Waals surface area contributed by atoms with Crippen LogP contribution in [0.1, 0.15) is 32.6 Å². The highest BCUT2D eigenvalue weighted by atomic mass is 32.2. The lowest BCUT2D eigenvalue weighted by atomic mass is 10.0. The molecule has 1 aromatic carbocycles. The van der Waals surface area contributed by atoms with Gasteiger partial charge in [-0.2, -0.15) is 5.10 Å². The molecule has 1 N–H and O–H groups in total. The minimum atomic E-state index is -3.37. The fourth-order valence-corrected chi connectivity index (χ4v) is 5.09. The number of anilines is 1. The standard InChI is InChI=1S/C19H17N3O3S3/c1-28(24,25)21-14-6-2-5-13(11-14)15-12-16(17-7-3-9-26-17)22(20-15)19(23)18-8-4-10-27-18/h2-11,16,21H,12H2,1H3. The van der Waals surface area contributed by atoms with E-state index in [0.717, 1.165) is 22.4 Å². The summed E-state index contributed by atoms with van der Waals surface area (Å²) >= 11 is 2.98.